The molecule has 1 N–H and O–H groups in total. The van der Waals surface area contributed by atoms with Crippen molar-refractivity contribution in [2.45, 2.75) is 0 Å². The molecule has 0 atom stereocenters. The summed E-state index contributed by atoms with van der Waals surface area (Å²) in [6, 6.07) is 12.0. The van der Waals surface area contributed by atoms with Crippen LogP contribution in [0.2, 0.25) is 5.02 Å². The monoisotopic (exact) mass is 302 g/mol. The predicted molar refractivity (Wildman–Crippen MR) is 78.4 cm³/mol. The Labute approximate surface area is 125 Å². The van der Waals surface area contributed by atoms with Crippen LogP contribution in [0.25, 0.3) is 22.8 Å². The molecule has 0 aliphatic carbocycles. The molecule has 0 saturated carbocycles. The molecule has 0 saturated heterocycles. The molecule has 0 aliphatic heterocycles. The molecule has 21 heavy (non-hydrogen) atoms. The first-order chi connectivity index (χ1) is 10.2. The summed E-state index contributed by atoms with van der Waals surface area (Å²) in [4.78, 5) is 4.32. The molecule has 3 aromatic rings. The van der Waals surface area contributed by atoms with E-state index in [0.29, 0.717) is 17.3 Å². The molecule has 3 rings (SSSR count). The van der Waals surface area contributed by atoms with Crippen LogP contribution in [-0.2, 0) is 0 Å². The third-order valence-electron chi connectivity index (χ3n) is 2.97. The van der Waals surface area contributed by atoms with E-state index in [1.54, 1.807) is 19.2 Å². The van der Waals surface area contributed by atoms with Crippen LogP contribution >= 0.6 is 11.6 Å². The number of phenols is 1. The molecule has 0 fully saturated rings. The molecule has 0 aliphatic rings. The third kappa shape index (κ3) is 2.68. The van der Waals surface area contributed by atoms with Gasteiger partial charge in [0.1, 0.15) is 11.5 Å². The smallest absolute Gasteiger partial charge is 0.258 e. The highest BCUT2D eigenvalue weighted by molar-refractivity contribution is 6.32. The van der Waals surface area contributed by atoms with Crippen molar-refractivity contribution in [3.05, 3.63) is 47.5 Å². The minimum Gasteiger partial charge on any atom is -0.506 e. The van der Waals surface area contributed by atoms with Crippen LogP contribution in [0.3, 0.4) is 0 Å². The molecule has 0 radical (unpaired) electrons. The van der Waals surface area contributed by atoms with E-state index in [-0.39, 0.29) is 10.8 Å². The zero-order chi connectivity index (χ0) is 14.8. The number of rotatable bonds is 3. The highest BCUT2D eigenvalue weighted by atomic mass is 35.5. The first kappa shape index (κ1) is 13.5. The summed E-state index contributed by atoms with van der Waals surface area (Å²) < 4.78 is 10.3. The number of aromatic hydroxyl groups is 1. The van der Waals surface area contributed by atoms with Crippen LogP contribution in [0.4, 0.5) is 0 Å². The summed E-state index contributed by atoms with van der Waals surface area (Å²) in [7, 11) is 1.61. The van der Waals surface area contributed by atoms with Gasteiger partial charge in [-0.05, 0) is 42.5 Å². The number of hydrogen-bond donors (Lipinski definition) is 1. The quantitative estimate of drug-likeness (QED) is 0.797. The van der Waals surface area contributed by atoms with Gasteiger partial charge in [-0.3, -0.25) is 0 Å². The molecule has 1 heterocycles. The molecule has 0 spiro atoms. The van der Waals surface area contributed by atoms with Crippen LogP contribution in [-0.4, -0.2) is 22.4 Å². The van der Waals surface area contributed by atoms with E-state index in [1.807, 2.05) is 24.3 Å². The second-order valence-electron chi connectivity index (χ2n) is 4.32. The largest absolute Gasteiger partial charge is 0.506 e. The first-order valence-corrected chi connectivity index (χ1v) is 6.52. The van der Waals surface area contributed by atoms with Crippen LogP contribution in [0.1, 0.15) is 0 Å². The zero-order valence-electron chi connectivity index (χ0n) is 11.1. The number of aromatic nitrogens is 2. The van der Waals surface area contributed by atoms with Crippen molar-refractivity contribution in [3.8, 4) is 34.3 Å². The summed E-state index contributed by atoms with van der Waals surface area (Å²) in [5.41, 5.74) is 1.46. The average molecular weight is 303 g/mol. The van der Waals surface area contributed by atoms with Gasteiger partial charge < -0.3 is 14.4 Å². The van der Waals surface area contributed by atoms with E-state index in [9.17, 15) is 5.11 Å². The van der Waals surface area contributed by atoms with E-state index >= 15 is 0 Å². The number of hydrogen-bond acceptors (Lipinski definition) is 5. The van der Waals surface area contributed by atoms with Gasteiger partial charge in [0.05, 0.1) is 12.1 Å². The Morgan fingerprint density at radius 2 is 1.81 bits per heavy atom. The fourth-order valence-electron chi connectivity index (χ4n) is 1.84. The maximum Gasteiger partial charge on any atom is 0.258 e. The lowest BCUT2D eigenvalue weighted by Gasteiger charge is -1.99. The van der Waals surface area contributed by atoms with E-state index < -0.39 is 0 Å². The topological polar surface area (TPSA) is 68.4 Å². The SMILES string of the molecule is COc1ccc(-c2noc(-c3ccc(O)c(Cl)c3)n2)cc1. The van der Waals surface area contributed by atoms with Gasteiger partial charge in [0.15, 0.2) is 0 Å². The van der Waals surface area contributed by atoms with Gasteiger partial charge in [-0.15, -0.1) is 0 Å². The Hall–Kier alpha value is -2.53. The Bertz CT molecular complexity index is 769. The Morgan fingerprint density at radius 3 is 2.48 bits per heavy atom. The molecule has 0 amide bonds. The van der Waals surface area contributed by atoms with E-state index in [1.165, 1.54) is 6.07 Å². The summed E-state index contributed by atoms with van der Waals surface area (Å²) >= 11 is 5.87. The lowest BCUT2D eigenvalue weighted by atomic mass is 10.2. The van der Waals surface area contributed by atoms with Crippen molar-refractivity contribution < 1.29 is 14.4 Å². The summed E-state index contributed by atoms with van der Waals surface area (Å²) in [6.07, 6.45) is 0. The number of benzene rings is 2. The minimum absolute atomic E-state index is 0.00955. The number of ether oxygens (including phenoxy) is 1. The second-order valence-corrected chi connectivity index (χ2v) is 4.73. The van der Waals surface area contributed by atoms with Gasteiger partial charge in [-0.25, -0.2) is 0 Å². The van der Waals surface area contributed by atoms with Crippen LogP contribution in [0.5, 0.6) is 11.5 Å². The van der Waals surface area contributed by atoms with Crippen LogP contribution in [0, 0.1) is 0 Å². The maximum absolute atomic E-state index is 9.41. The molecule has 6 heteroatoms. The lowest BCUT2D eigenvalue weighted by molar-refractivity contribution is 0.414. The van der Waals surface area contributed by atoms with Gasteiger partial charge in [0.2, 0.25) is 5.82 Å². The lowest BCUT2D eigenvalue weighted by Crippen LogP contribution is -1.84. The van der Waals surface area contributed by atoms with Gasteiger partial charge in [-0.1, -0.05) is 16.8 Å². The third-order valence-corrected chi connectivity index (χ3v) is 3.27. The summed E-state index contributed by atoms with van der Waals surface area (Å²) in [5.74, 6) is 1.57. The molecular formula is C15H11ClN2O3. The van der Waals surface area contributed by atoms with Crippen molar-refractivity contribution in [2.75, 3.05) is 7.11 Å². The van der Waals surface area contributed by atoms with E-state index in [4.69, 9.17) is 20.9 Å². The number of nitrogens with zero attached hydrogens (tertiary/aromatic N) is 2. The van der Waals surface area contributed by atoms with Crippen LogP contribution in [0.15, 0.2) is 47.0 Å². The highest BCUT2D eigenvalue weighted by Gasteiger charge is 2.12. The standard InChI is InChI=1S/C15H11ClN2O3/c1-20-11-5-2-9(3-6-11)14-17-15(21-18-14)10-4-7-13(19)12(16)8-10/h2-8,19H,1H3. The Balaban J connectivity index is 1.93. The van der Waals surface area contributed by atoms with Crippen molar-refractivity contribution in [1.82, 2.24) is 10.1 Å². The van der Waals surface area contributed by atoms with Gasteiger partial charge in [0.25, 0.3) is 5.89 Å². The van der Waals surface area contributed by atoms with E-state index in [0.717, 1.165) is 11.3 Å². The van der Waals surface area contributed by atoms with E-state index in [2.05, 4.69) is 10.1 Å². The van der Waals surface area contributed by atoms with Gasteiger partial charge in [-0.2, -0.15) is 4.98 Å². The zero-order valence-corrected chi connectivity index (χ0v) is 11.8. The van der Waals surface area contributed by atoms with Crippen LogP contribution < -0.4 is 4.74 Å². The first-order valence-electron chi connectivity index (χ1n) is 6.14. The summed E-state index contributed by atoms with van der Waals surface area (Å²) in [5, 5.41) is 13.6. The van der Waals surface area contributed by atoms with Crippen molar-refractivity contribution in [1.29, 1.82) is 0 Å². The van der Waals surface area contributed by atoms with Crippen molar-refractivity contribution >= 4 is 11.6 Å². The molecule has 0 bridgehead atoms. The number of methoxy groups -OCH3 is 1. The minimum atomic E-state index is 0.00955. The predicted octanol–water partition coefficient (Wildman–Crippen LogP) is 3.77. The van der Waals surface area contributed by atoms with Gasteiger partial charge in [0, 0.05) is 11.1 Å². The molecule has 1 aromatic heterocycles. The molecule has 5 nitrogen and oxygen atoms in total. The number of phenolic OH excluding ortho intramolecular Hbond substituents is 1. The Kier molecular flexibility index (Phi) is 3.50. The molecule has 106 valence electrons. The maximum atomic E-state index is 9.41. The molecule has 2 aromatic carbocycles. The number of halogens is 1. The molecule has 0 unspecified atom stereocenters. The fourth-order valence-corrected chi connectivity index (χ4v) is 2.02. The normalized spacial score (nSPS) is 10.6. The van der Waals surface area contributed by atoms with Crippen molar-refractivity contribution in [2.24, 2.45) is 0 Å². The molecular weight excluding hydrogens is 292 g/mol. The summed E-state index contributed by atoms with van der Waals surface area (Å²) in [6.45, 7) is 0. The van der Waals surface area contributed by atoms with Gasteiger partial charge >= 0.3 is 0 Å². The highest BCUT2D eigenvalue weighted by Crippen LogP contribution is 2.29. The fraction of sp³-hybridized carbons (Fsp3) is 0.0667. The average Bonchev–Trinajstić information content (AvgIpc) is 3.00. The van der Waals surface area contributed by atoms with Crippen molar-refractivity contribution in [3.63, 3.8) is 0 Å². The Morgan fingerprint density at radius 1 is 1.10 bits per heavy atom. The second kappa shape index (κ2) is 5.46.